The van der Waals surface area contributed by atoms with Gasteiger partial charge in [0.2, 0.25) is 5.95 Å². The maximum absolute atomic E-state index is 4.83. The highest BCUT2D eigenvalue weighted by atomic mass is 15.3. The van der Waals surface area contributed by atoms with Crippen molar-refractivity contribution in [1.29, 1.82) is 0 Å². The summed E-state index contributed by atoms with van der Waals surface area (Å²) in [6, 6.07) is 2.17. The molecule has 0 radical (unpaired) electrons. The Morgan fingerprint density at radius 1 is 0.900 bits per heavy atom. The standard InChI is InChI=1S/C16H28N4/c1-15(2,3)12-11-13(16(4,5)6)19-14(18-12)20-9-7-17-8-10-20/h11,17H,7-10H2,1-6H3. The van der Waals surface area contributed by atoms with E-state index in [1.54, 1.807) is 0 Å². The Morgan fingerprint density at radius 3 is 1.75 bits per heavy atom. The van der Waals surface area contributed by atoms with Crippen LogP contribution in [0.4, 0.5) is 5.95 Å². The van der Waals surface area contributed by atoms with Gasteiger partial charge in [-0.25, -0.2) is 9.97 Å². The molecule has 1 saturated heterocycles. The van der Waals surface area contributed by atoms with E-state index in [1.165, 1.54) is 0 Å². The van der Waals surface area contributed by atoms with E-state index in [1.807, 2.05) is 0 Å². The average Bonchev–Trinajstić information content (AvgIpc) is 2.37. The van der Waals surface area contributed by atoms with E-state index in [9.17, 15) is 0 Å². The van der Waals surface area contributed by atoms with Crippen molar-refractivity contribution in [3.05, 3.63) is 17.5 Å². The van der Waals surface area contributed by atoms with Crippen LogP contribution in [0.25, 0.3) is 0 Å². The molecule has 0 aromatic carbocycles. The van der Waals surface area contributed by atoms with Gasteiger partial charge in [-0.1, -0.05) is 41.5 Å². The number of anilines is 1. The molecule has 1 aromatic heterocycles. The van der Waals surface area contributed by atoms with Crippen LogP contribution in [-0.2, 0) is 10.8 Å². The molecule has 2 heterocycles. The summed E-state index contributed by atoms with van der Waals surface area (Å²) in [6.45, 7) is 17.3. The van der Waals surface area contributed by atoms with E-state index in [0.717, 1.165) is 43.5 Å². The number of nitrogens with one attached hydrogen (secondary N) is 1. The highest BCUT2D eigenvalue weighted by molar-refractivity contribution is 5.36. The SMILES string of the molecule is CC(C)(C)c1cc(C(C)(C)C)nc(N2CCNCC2)n1. The molecular weight excluding hydrogens is 248 g/mol. The van der Waals surface area contributed by atoms with Crippen LogP contribution in [0.1, 0.15) is 52.9 Å². The summed E-state index contributed by atoms with van der Waals surface area (Å²) in [4.78, 5) is 12.0. The second-order valence-corrected chi connectivity index (χ2v) is 7.68. The molecule has 0 spiro atoms. The lowest BCUT2D eigenvalue weighted by molar-refractivity contribution is 0.526. The molecular formula is C16H28N4. The van der Waals surface area contributed by atoms with E-state index in [0.29, 0.717) is 0 Å². The number of piperazine rings is 1. The molecule has 0 atom stereocenters. The van der Waals surface area contributed by atoms with Gasteiger partial charge in [0.1, 0.15) is 0 Å². The third-order valence-corrected chi connectivity index (χ3v) is 3.65. The number of aromatic nitrogens is 2. The van der Waals surface area contributed by atoms with Gasteiger partial charge in [0.05, 0.1) is 11.4 Å². The van der Waals surface area contributed by atoms with Crippen molar-refractivity contribution < 1.29 is 0 Å². The lowest BCUT2D eigenvalue weighted by Crippen LogP contribution is -2.44. The Labute approximate surface area is 123 Å². The van der Waals surface area contributed by atoms with Crippen LogP contribution in [0.2, 0.25) is 0 Å². The van der Waals surface area contributed by atoms with Crippen LogP contribution in [-0.4, -0.2) is 36.1 Å². The Hall–Kier alpha value is -1.16. The van der Waals surface area contributed by atoms with E-state index < -0.39 is 0 Å². The number of nitrogens with zero attached hydrogens (tertiary/aromatic N) is 3. The number of hydrogen-bond donors (Lipinski definition) is 1. The molecule has 1 aliphatic rings. The van der Waals surface area contributed by atoms with Crippen LogP contribution in [0.15, 0.2) is 6.07 Å². The number of rotatable bonds is 1. The fourth-order valence-corrected chi connectivity index (χ4v) is 2.21. The highest BCUT2D eigenvalue weighted by Gasteiger charge is 2.25. The first-order valence-electron chi connectivity index (χ1n) is 7.53. The largest absolute Gasteiger partial charge is 0.338 e. The highest BCUT2D eigenvalue weighted by Crippen LogP contribution is 2.28. The lowest BCUT2D eigenvalue weighted by atomic mass is 9.86. The molecule has 1 aliphatic heterocycles. The third-order valence-electron chi connectivity index (χ3n) is 3.65. The van der Waals surface area contributed by atoms with Crippen LogP contribution < -0.4 is 10.2 Å². The fraction of sp³-hybridized carbons (Fsp3) is 0.750. The summed E-state index contributed by atoms with van der Waals surface area (Å²) in [7, 11) is 0. The summed E-state index contributed by atoms with van der Waals surface area (Å²) in [5.74, 6) is 0.892. The minimum Gasteiger partial charge on any atom is -0.338 e. The Bertz CT molecular complexity index is 430. The lowest BCUT2D eigenvalue weighted by Gasteiger charge is -2.30. The van der Waals surface area contributed by atoms with Gasteiger partial charge in [0.25, 0.3) is 0 Å². The molecule has 0 bridgehead atoms. The van der Waals surface area contributed by atoms with Gasteiger partial charge in [-0.3, -0.25) is 0 Å². The van der Waals surface area contributed by atoms with Gasteiger partial charge in [-0.15, -0.1) is 0 Å². The van der Waals surface area contributed by atoms with Crippen LogP contribution in [0.5, 0.6) is 0 Å². The van der Waals surface area contributed by atoms with Gasteiger partial charge in [-0.2, -0.15) is 0 Å². The van der Waals surface area contributed by atoms with Crippen molar-refractivity contribution in [3.8, 4) is 0 Å². The minimum absolute atomic E-state index is 0.0473. The summed E-state index contributed by atoms with van der Waals surface area (Å²) in [5, 5.41) is 3.38. The van der Waals surface area contributed by atoms with Crippen molar-refractivity contribution in [2.75, 3.05) is 31.1 Å². The fourth-order valence-electron chi connectivity index (χ4n) is 2.21. The molecule has 1 N–H and O–H groups in total. The van der Waals surface area contributed by atoms with E-state index in [-0.39, 0.29) is 10.8 Å². The zero-order valence-electron chi connectivity index (χ0n) is 13.7. The molecule has 1 fully saturated rings. The van der Waals surface area contributed by atoms with Crippen molar-refractivity contribution in [2.24, 2.45) is 0 Å². The first kappa shape index (κ1) is 15.2. The average molecular weight is 276 g/mol. The molecule has 0 saturated carbocycles. The topological polar surface area (TPSA) is 41.1 Å². The van der Waals surface area contributed by atoms with E-state index >= 15 is 0 Å². The Balaban J connectivity index is 2.45. The second-order valence-electron chi connectivity index (χ2n) is 7.68. The molecule has 0 unspecified atom stereocenters. The predicted molar refractivity (Wildman–Crippen MR) is 84.5 cm³/mol. The molecule has 0 aliphatic carbocycles. The third kappa shape index (κ3) is 3.48. The zero-order valence-corrected chi connectivity index (χ0v) is 13.7. The molecule has 20 heavy (non-hydrogen) atoms. The van der Waals surface area contributed by atoms with Crippen molar-refractivity contribution in [3.63, 3.8) is 0 Å². The monoisotopic (exact) mass is 276 g/mol. The van der Waals surface area contributed by atoms with Gasteiger partial charge >= 0.3 is 0 Å². The summed E-state index contributed by atoms with van der Waals surface area (Å²) < 4.78 is 0. The Morgan fingerprint density at radius 2 is 1.35 bits per heavy atom. The van der Waals surface area contributed by atoms with Crippen molar-refractivity contribution >= 4 is 5.95 Å². The summed E-state index contributed by atoms with van der Waals surface area (Å²) in [6.07, 6.45) is 0. The first-order valence-corrected chi connectivity index (χ1v) is 7.53. The molecule has 4 heteroatoms. The molecule has 4 nitrogen and oxygen atoms in total. The normalized spacial score (nSPS) is 17.4. The van der Waals surface area contributed by atoms with Crippen LogP contribution in [0, 0.1) is 0 Å². The van der Waals surface area contributed by atoms with Crippen LogP contribution >= 0.6 is 0 Å². The predicted octanol–water partition coefficient (Wildman–Crippen LogP) is 2.48. The number of hydrogen-bond acceptors (Lipinski definition) is 4. The van der Waals surface area contributed by atoms with Gasteiger partial charge in [0, 0.05) is 37.0 Å². The van der Waals surface area contributed by atoms with E-state index in [2.05, 4.69) is 57.8 Å². The summed E-state index contributed by atoms with van der Waals surface area (Å²) >= 11 is 0. The van der Waals surface area contributed by atoms with Crippen molar-refractivity contribution in [1.82, 2.24) is 15.3 Å². The van der Waals surface area contributed by atoms with Gasteiger partial charge in [0.15, 0.2) is 0 Å². The van der Waals surface area contributed by atoms with Gasteiger partial charge in [-0.05, 0) is 6.07 Å². The minimum atomic E-state index is 0.0473. The van der Waals surface area contributed by atoms with E-state index in [4.69, 9.17) is 9.97 Å². The molecule has 0 amide bonds. The molecule has 112 valence electrons. The molecule has 1 aromatic rings. The maximum Gasteiger partial charge on any atom is 0.225 e. The maximum atomic E-state index is 4.83. The zero-order chi connectivity index (χ0) is 15.0. The second kappa shape index (κ2) is 5.32. The first-order chi connectivity index (χ1) is 9.18. The van der Waals surface area contributed by atoms with Gasteiger partial charge < -0.3 is 10.2 Å². The summed E-state index contributed by atoms with van der Waals surface area (Å²) in [5.41, 5.74) is 2.36. The molecule has 2 rings (SSSR count). The smallest absolute Gasteiger partial charge is 0.225 e. The van der Waals surface area contributed by atoms with Crippen molar-refractivity contribution in [2.45, 2.75) is 52.4 Å². The van der Waals surface area contributed by atoms with Crippen LogP contribution in [0.3, 0.4) is 0 Å². The quantitative estimate of drug-likeness (QED) is 0.855. The Kier molecular flexibility index (Phi) is 4.05.